The van der Waals surface area contributed by atoms with Gasteiger partial charge in [-0.1, -0.05) is 54.8 Å². The van der Waals surface area contributed by atoms with Gasteiger partial charge < -0.3 is 20.7 Å². The van der Waals surface area contributed by atoms with Crippen LogP contribution in [0.4, 0.5) is 16.2 Å². The Bertz CT molecular complexity index is 1290. The van der Waals surface area contributed by atoms with Crippen molar-refractivity contribution in [1.29, 1.82) is 0 Å². The van der Waals surface area contributed by atoms with Crippen molar-refractivity contribution in [1.82, 2.24) is 5.32 Å². The lowest BCUT2D eigenvalue weighted by molar-refractivity contribution is -0.144. The Hall–Kier alpha value is -3.87. The first-order chi connectivity index (χ1) is 17.3. The van der Waals surface area contributed by atoms with Gasteiger partial charge in [-0.2, -0.15) is 0 Å². The van der Waals surface area contributed by atoms with Crippen molar-refractivity contribution in [3.05, 3.63) is 70.8 Å². The average Bonchev–Trinajstić information content (AvgIpc) is 3.38. The molecule has 3 aromatic carbocycles. The number of carbonyl (C=O) groups is 3. The number of urea groups is 1. The highest BCUT2D eigenvalue weighted by atomic mass is 16.5. The number of amides is 3. The first kappa shape index (κ1) is 25.2. The molecule has 3 N–H and O–H groups in total. The molecule has 0 spiro atoms. The van der Waals surface area contributed by atoms with E-state index in [9.17, 15) is 14.4 Å². The van der Waals surface area contributed by atoms with Gasteiger partial charge >= 0.3 is 12.0 Å². The molecule has 0 radical (unpaired) electrons. The molecule has 1 aliphatic rings. The molecule has 0 heterocycles. The molecule has 1 atom stereocenters. The van der Waals surface area contributed by atoms with Crippen LogP contribution in [0.3, 0.4) is 0 Å². The summed E-state index contributed by atoms with van der Waals surface area (Å²) in [5, 5.41) is 10.4. The molecule has 0 saturated heterocycles. The number of hydrogen-bond donors (Lipinski definition) is 3. The topological polar surface area (TPSA) is 96.5 Å². The van der Waals surface area contributed by atoms with Crippen LogP contribution in [0, 0.1) is 26.7 Å². The van der Waals surface area contributed by atoms with Crippen LogP contribution in [-0.4, -0.2) is 31.1 Å². The van der Waals surface area contributed by atoms with E-state index < -0.39 is 23.9 Å². The summed E-state index contributed by atoms with van der Waals surface area (Å²) in [5.74, 6) is -0.844. The second kappa shape index (κ2) is 10.8. The Morgan fingerprint density at radius 2 is 1.50 bits per heavy atom. The number of anilines is 2. The van der Waals surface area contributed by atoms with E-state index in [4.69, 9.17) is 4.74 Å². The van der Waals surface area contributed by atoms with Crippen molar-refractivity contribution in [3.63, 3.8) is 0 Å². The third-order valence-electron chi connectivity index (χ3n) is 6.91. The molecule has 0 aromatic heterocycles. The molecule has 1 saturated carbocycles. The van der Waals surface area contributed by atoms with Crippen LogP contribution < -0.4 is 16.0 Å². The molecule has 4 rings (SSSR count). The Balaban J connectivity index is 1.64. The summed E-state index contributed by atoms with van der Waals surface area (Å²) in [7, 11) is 1.33. The molecule has 0 bridgehead atoms. The van der Waals surface area contributed by atoms with Crippen LogP contribution in [0.15, 0.2) is 48.5 Å². The van der Waals surface area contributed by atoms with Crippen molar-refractivity contribution >= 4 is 40.1 Å². The molecule has 7 nitrogen and oxygen atoms in total. The Kier molecular flexibility index (Phi) is 7.58. The van der Waals surface area contributed by atoms with E-state index in [0.29, 0.717) is 5.69 Å². The van der Waals surface area contributed by atoms with Gasteiger partial charge in [-0.05, 0) is 73.6 Å². The quantitative estimate of drug-likeness (QED) is 0.379. The maximum Gasteiger partial charge on any atom is 0.328 e. The number of ether oxygens (including phenoxy) is 1. The lowest BCUT2D eigenvalue weighted by atomic mass is 9.97. The maximum absolute atomic E-state index is 13.5. The standard InChI is InChI=1S/C29H33N3O4/c1-17-13-18(2)25(19(3)14-17)32-29(35)30-24-16-22-12-8-7-11-21(22)15-23(24)27(33)31-26(28(34)36-4)20-9-5-6-10-20/h7-8,11-16,20,26H,5-6,9-10H2,1-4H3,(H,31,33)(H2,30,32,35)/t26-/m0/s1. The smallest absolute Gasteiger partial charge is 0.328 e. The second-order valence-corrected chi connectivity index (χ2v) is 9.62. The SMILES string of the molecule is COC(=O)[C@@H](NC(=O)c1cc2ccccc2cc1NC(=O)Nc1c(C)cc(C)cc1C)C1CCCC1. The zero-order valence-electron chi connectivity index (χ0n) is 21.2. The molecule has 1 aliphatic carbocycles. The summed E-state index contributed by atoms with van der Waals surface area (Å²) in [6.07, 6.45) is 3.77. The van der Waals surface area contributed by atoms with E-state index in [1.807, 2.05) is 57.2 Å². The number of benzene rings is 3. The van der Waals surface area contributed by atoms with Gasteiger partial charge in [0.1, 0.15) is 6.04 Å². The van der Waals surface area contributed by atoms with Crippen molar-refractivity contribution in [2.45, 2.75) is 52.5 Å². The van der Waals surface area contributed by atoms with Gasteiger partial charge in [0.2, 0.25) is 0 Å². The molecule has 188 valence electrons. The molecular formula is C29H33N3O4. The first-order valence-corrected chi connectivity index (χ1v) is 12.3. The summed E-state index contributed by atoms with van der Waals surface area (Å²) in [5.41, 5.74) is 4.41. The van der Waals surface area contributed by atoms with E-state index >= 15 is 0 Å². The summed E-state index contributed by atoms with van der Waals surface area (Å²) in [6.45, 7) is 5.90. The number of hydrogen-bond acceptors (Lipinski definition) is 4. The van der Waals surface area contributed by atoms with Gasteiger partial charge in [0.05, 0.1) is 18.4 Å². The minimum absolute atomic E-state index is 0.0362. The van der Waals surface area contributed by atoms with Crippen LogP contribution in [0.5, 0.6) is 0 Å². The Morgan fingerprint density at radius 3 is 2.11 bits per heavy atom. The van der Waals surface area contributed by atoms with Crippen LogP contribution in [0.25, 0.3) is 10.8 Å². The minimum atomic E-state index is -0.726. The van der Waals surface area contributed by atoms with Gasteiger partial charge in [0, 0.05) is 5.69 Å². The minimum Gasteiger partial charge on any atom is -0.467 e. The van der Waals surface area contributed by atoms with Gasteiger partial charge in [0.25, 0.3) is 5.91 Å². The maximum atomic E-state index is 13.5. The number of esters is 1. The number of nitrogens with one attached hydrogen (secondary N) is 3. The highest BCUT2D eigenvalue weighted by Gasteiger charge is 2.33. The highest BCUT2D eigenvalue weighted by Crippen LogP contribution is 2.30. The van der Waals surface area contributed by atoms with E-state index in [0.717, 1.165) is 58.8 Å². The zero-order chi connectivity index (χ0) is 25.8. The second-order valence-electron chi connectivity index (χ2n) is 9.62. The molecule has 0 unspecified atom stereocenters. The molecular weight excluding hydrogens is 454 g/mol. The third-order valence-corrected chi connectivity index (χ3v) is 6.91. The highest BCUT2D eigenvalue weighted by molar-refractivity contribution is 6.10. The molecule has 1 fully saturated rings. The normalized spacial score (nSPS) is 14.3. The largest absolute Gasteiger partial charge is 0.467 e. The van der Waals surface area contributed by atoms with Crippen LogP contribution >= 0.6 is 0 Å². The molecule has 36 heavy (non-hydrogen) atoms. The number of rotatable bonds is 6. The summed E-state index contributed by atoms with van der Waals surface area (Å²) in [4.78, 5) is 39.0. The fraction of sp³-hybridized carbons (Fsp3) is 0.345. The van der Waals surface area contributed by atoms with E-state index in [-0.39, 0.29) is 11.5 Å². The average molecular weight is 488 g/mol. The van der Waals surface area contributed by atoms with Crippen molar-refractivity contribution in [2.75, 3.05) is 17.7 Å². The molecule has 7 heteroatoms. The Morgan fingerprint density at radius 1 is 0.889 bits per heavy atom. The number of fused-ring (bicyclic) bond motifs is 1. The summed E-state index contributed by atoms with van der Waals surface area (Å²) >= 11 is 0. The number of methoxy groups -OCH3 is 1. The van der Waals surface area contributed by atoms with Gasteiger partial charge in [-0.25, -0.2) is 9.59 Å². The molecule has 0 aliphatic heterocycles. The van der Waals surface area contributed by atoms with Crippen molar-refractivity contribution in [3.8, 4) is 0 Å². The van der Waals surface area contributed by atoms with Gasteiger partial charge in [-0.15, -0.1) is 0 Å². The summed E-state index contributed by atoms with van der Waals surface area (Å²) < 4.78 is 4.99. The molecule has 3 amide bonds. The number of carbonyl (C=O) groups excluding carboxylic acids is 3. The lowest BCUT2D eigenvalue weighted by Crippen LogP contribution is -2.46. The van der Waals surface area contributed by atoms with E-state index in [2.05, 4.69) is 16.0 Å². The van der Waals surface area contributed by atoms with Crippen LogP contribution in [0.1, 0.15) is 52.7 Å². The van der Waals surface area contributed by atoms with Crippen molar-refractivity contribution < 1.29 is 19.1 Å². The predicted octanol–water partition coefficient (Wildman–Crippen LogP) is 5.87. The number of aryl methyl sites for hydroxylation is 3. The Labute approximate surface area is 211 Å². The third kappa shape index (κ3) is 5.51. The lowest BCUT2D eigenvalue weighted by Gasteiger charge is -2.23. The monoisotopic (exact) mass is 487 g/mol. The first-order valence-electron chi connectivity index (χ1n) is 12.3. The molecule has 3 aromatic rings. The van der Waals surface area contributed by atoms with Gasteiger partial charge in [0.15, 0.2) is 0 Å². The van der Waals surface area contributed by atoms with Crippen LogP contribution in [0.2, 0.25) is 0 Å². The van der Waals surface area contributed by atoms with E-state index in [1.165, 1.54) is 7.11 Å². The summed E-state index contributed by atoms with van der Waals surface area (Å²) in [6, 6.07) is 14.0. The fourth-order valence-corrected chi connectivity index (χ4v) is 5.18. The van der Waals surface area contributed by atoms with E-state index in [1.54, 1.807) is 12.1 Å². The zero-order valence-corrected chi connectivity index (χ0v) is 21.2. The van der Waals surface area contributed by atoms with Crippen molar-refractivity contribution in [2.24, 2.45) is 5.92 Å². The fourth-order valence-electron chi connectivity index (χ4n) is 5.18. The predicted molar refractivity (Wildman–Crippen MR) is 142 cm³/mol. The van der Waals surface area contributed by atoms with Crippen LogP contribution in [-0.2, 0) is 9.53 Å². The van der Waals surface area contributed by atoms with Gasteiger partial charge in [-0.3, -0.25) is 4.79 Å².